The van der Waals surface area contributed by atoms with Crippen LogP contribution < -0.4 is 4.72 Å². The molecule has 108 valence electrons. The molecular weight excluding hydrogens is 300 g/mol. The summed E-state index contributed by atoms with van der Waals surface area (Å²) in [6, 6.07) is 5.45. The predicted octanol–water partition coefficient (Wildman–Crippen LogP) is 1.79. The number of sulfonamides is 1. The lowest BCUT2D eigenvalue weighted by molar-refractivity contribution is 0.101. The van der Waals surface area contributed by atoms with Gasteiger partial charge in [-0.2, -0.15) is 5.26 Å². The molecule has 1 aromatic carbocycles. The smallest absolute Gasteiger partial charge is 0.242 e. The number of nitriles is 1. The van der Waals surface area contributed by atoms with E-state index in [0.717, 1.165) is 12.8 Å². The Labute approximate surface area is 123 Å². The Hall–Kier alpha value is -1.13. The van der Waals surface area contributed by atoms with Crippen LogP contribution >= 0.6 is 11.6 Å². The summed E-state index contributed by atoms with van der Waals surface area (Å²) < 4.78 is 27.1. The van der Waals surface area contributed by atoms with E-state index in [-0.39, 0.29) is 15.5 Å². The van der Waals surface area contributed by atoms with Crippen molar-refractivity contribution in [2.75, 3.05) is 0 Å². The lowest BCUT2D eigenvalue weighted by Gasteiger charge is -2.28. The van der Waals surface area contributed by atoms with Crippen molar-refractivity contribution in [1.29, 1.82) is 5.26 Å². The number of nitrogens with zero attached hydrogens (tertiary/aromatic N) is 1. The maximum absolute atomic E-state index is 12.3. The van der Waals surface area contributed by atoms with E-state index in [1.807, 2.05) is 6.07 Å². The van der Waals surface area contributed by atoms with Crippen molar-refractivity contribution in [2.45, 2.75) is 42.7 Å². The van der Waals surface area contributed by atoms with E-state index in [1.165, 1.54) is 18.2 Å². The molecule has 0 radical (unpaired) electrons. The molecule has 0 spiro atoms. The zero-order chi connectivity index (χ0) is 14.8. The highest BCUT2D eigenvalue weighted by Crippen LogP contribution is 2.25. The largest absolute Gasteiger partial charge is 0.391 e. The number of rotatable bonds is 3. The Bertz CT molecular complexity index is 640. The molecule has 7 heteroatoms. The van der Waals surface area contributed by atoms with Crippen LogP contribution in [0, 0.1) is 11.3 Å². The summed E-state index contributed by atoms with van der Waals surface area (Å²) in [5.74, 6) is 0. The lowest BCUT2D eigenvalue weighted by Crippen LogP contribution is -2.45. The zero-order valence-electron chi connectivity index (χ0n) is 10.7. The molecule has 2 rings (SSSR count). The average Bonchev–Trinajstić information content (AvgIpc) is 2.41. The van der Waals surface area contributed by atoms with Crippen LogP contribution in [0.1, 0.15) is 31.2 Å². The Balaban J connectivity index is 2.28. The van der Waals surface area contributed by atoms with Crippen LogP contribution in [0.4, 0.5) is 0 Å². The SMILES string of the molecule is N#Cc1ccc(Cl)c(S(=O)(=O)NC2CCCCC2O)c1. The molecule has 0 bridgehead atoms. The molecule has 0 amide bonds. The van der Waals surface area contributed by atoms with Crippen LogP contribution in [0.15, 0.2) is 23.1 Å². The van der Waals surface area contributed by atoms with E-state index >= 15 is 0 Å². The molecule has 5 nitrogen and oxygen atoms in total. The van der Waals surface area contributed by atoms with E-state index in [4.69, 9.17) is 16.9 Å². The van der Waals surface area contributed by atoms with Gasteiger partial charge in [0.25, 0.3) is 0 Å². The van der Waals surface area contributed by atoms with Crippen LogP contribution in [0.2, 0.25) is 5.02 Å². The van der Waals surface area contributed by atoms with Gasteiger partial charge < -0.3 is 5.11 Å². The maximum Gasteiger partial charge on any atom is 0.242 e. The third-order valence-corrected chi connectivity index (χ3v) is 5.36. The summed E-state index contributed by atoms with van der Waals surface area (Å²) in [6.07, 6.45) is 2.26. The van der Waals surface area contributed by atoms with Gasteiger partial charge in [-0.3, -0.25) is 0 Å². The van der Waals surface area contributed by atoms with Crippen molar-refractivity contribution < 1.29 is 13.5 Å². The van der Waals surface area contributed by atoms with E-state index in [0.29, 0.717) is 12.8 Å². The van der Waals surface area contributed by atoms with Crippen LogP contribution in [0.5, 0.6) is 0 Å². The van der Waals surface area contributed by atoms with Crippen LogP contribution in [-0.4, -0.2) is 25.7 Å². The van der Waals surface area contributed by atoms with Crippen LogP contribution in [0.3, 0.4) is 0 Å². The Morgan fingerprint density at radius 1 is 1.35 bits per heavy atom. The normalized spacial score (nSPS) is 23.2. The minimum Gasteiger partial charge on any atom is -0.391 e. The molecule has 1 aliphatic carbocycles. The molecule has 0 aromatic heterocycles. The van der Waals surface area contributed by atoms with Crippen LogP contribution in [0.25, 0.3) is 0 Å². The van der Waals surface area contributed by atoms with Gasteiger partial charge in [0.1, 0.15) is 4.90 Å². The molecule has 2 N–H and O–H groups in total. The quantitative estimate of drug-likeness (QED) is 0.890. The summed E-state index contributed by atoms with van der Waals surface area (Å²) in [4.78, 5) is -0.129. The first-order chi connectivity index (χ1) is 9.44. The highest BCUT2D eigenvalue weighted by Gasteiger charge is 2.29. The van der Waals surface area contributed by atoms with E-state index in [9.17, 15) is 13.5 Å². The molecule has 2 atom stereocenters. The first-order valence-corrected chi connectivity index (χ1v) is 8.20. The summed E-state index contributed by atoms with van der Waals surface area (Å²) in [5, 5.41) is 18.7. The molecule has 1 aliphatic rings. The average molecular weight is 315 g/mol. The van der Waals surface area contributed by atoms with Crippen molar-refractivity contribution in [1.82, 2.24) is 4.72 Å². The van der Waals surface area contributed by atoms with Gasteiger partial charge in [-0.25, -0.2) is 13.1 Å². The van der Waals surface area contributed by atoms with Crippen molar-refractivity contribution in [3.05, 3.63) is 28.8 Å². The van der Waals surface area contributed by atoms with Crippen molar-refractivity contribution in [2.24, 2.45) is 0 Å². The molecule has 20 heavy (non-hydrogen) atoms. The predicted molar refractivity (Wildman–Crippen MR) is 74.8 cm³/mol. The fourth-order valence-electron chi connectivity index (χ4n) is 2.29. The van der Waals surface area contributed by atoms with E-state index < -0.39 is 22.2 Å². The summed E-state index contributed by atoms with van der Waals surface area (Å²) in [5.41, 5.74) is 0.221. The molecular formula is C13H15ClN2O3S. The van der Waals surface area contributed by atoms with E-state index in [1.54, 1.807) is 0 Å². The maximum atomic E-state index is 12.3. The van der Waals surface area contributed by atoms with Crippen LogP contribution in [-0.2, 0) is 10.0 Å². The third-order valence-electron chi connectivity index (χ3n) is 3.39. The standard InChI is InChI=1S/C13H15ClN2O3S/c14-10-6-5-9(8-15)7-13(10)20(18,19)16-11-3-1-2-4-12(11)17/h5-7,11-12,16-17H,1-4H2. The fraction of sp³-hybridized carbons (Fsp3) is 0.462. The Kier molecular flexibility index (Phi) is 4.66. The number of halogens is 1. The van der Waals surface area contributed by atoms with Crippen molar-refractivity contribution in [3.63, 3.8) is 0 Å². The summed E-state index contributed by atoms with van der Waals surface area (Å²) in [6.45, 7) is 0. The molecule has 1 aromatic rings. The van der Waals surface area contributed by atoms with Gasteiger partial charge in [0.05, 0.1) is 22.8 Å². The number of benzene rings is 1. The first kappa shape index (κ1) is 15.3. The Morgan fingerprint density at radius 3 is 2.70 bits per heavy atom. The third kappa shape index (κ3) is 3.30. The monoisotopic (exact) mass is 314 g/mol. The van der Waals surface area contributed by atoms with Gasteiger partial charge >= 0.3 is 0 Å². The second-order valence-electron chi connectivity index (χ2n) is 4.84. The Morgan fingerprint density at radius 2 is 2.05 bits per heavy atom. The minimum atomic E-state index is -3.85. The lowest BCUT2D eigenvalue weighted by atomic mass is 9.93. The number of hydrogen-bond donors (Lipinski definition) is 2. The molecule has 1 fully saturated rings. The van der Waals surface area contributed by atoms with Gasteiger partial charge in [-0.15, -0.1) is 0 Å². The van der Waals surface area contributed by atoms with Crippen molar-refractivity contribution in [3.8, 4) is 6.07 Å². The number of nitrogens with one attached hydrogen (secondary N) is 1. The number of hydrogen-bond acceptors (Lipinski definition) is 4. The molecule has 0 heterocycles. The summed E-state index contributed by atoms with van der Waals surface area (Å²) >= 11 is 5.90. The second kappa shape index (κ2) is 6.10. The zero-order valence-corrected chi connectivity index (χ0v) is 12.3. The van der Waals surface area contributed by atoms with Gasteiger partial charge in [0.15, 0.2) is 0 Å². The van der Waals surface area contributed by atoms with Crippen molar-refractivity contribution >= 4 is 21.6 Å². The molecule has 2 unspecified atom stereocenters. The summed E-state index contributed by atoms with van der Waals surface area (Å²) in [7, 11) is -3.85. The van der Waals surface area contributed by atoms with Gasteiger partial charge in [-0.05, 0) is 31.0 Å². The fourth-order valence-corrected chi connectivity index (χ4v) is 4.12. The molecule has 0 aliphatic heterocycles. The highest BCUT2D eigenvalue weighted by atomic mass is 35.5. The first-order valence-electron chi connectivity index (χ1n) is 6.34. The van der Waals surface area contributed by atoms with Gasteiger partial charge in [0.2, 0.25) is 10.0 Å². The second-order valence-corrected chi connectivity index (χ2v) is 6.93. The topological polar surface area (TPSA) is 90.2 Å². The van der Waals surface area contributed by atoms with Gasteiger partial charge in [-0.1, -0.05) is 24.4 Å². The van der Waals surface area contributed by atoms with E-state index in [2.05, 4.69) is 4.72 Å². The minimum absolute atomic E-state index is 0.0572. The molecule has 1 saturated carbocycles. The molecule has 0 saturated heterocycles. The van der Waals surface area contributed by atoms with Gasteiger partial charge in [0, 0.05) is 6.04 Å². The number of aliphatic hydroxyl groups excluding tert-OH is 1. The number of aliphatic hydroxyl groups is 1. The highest BCUT2D eigenvalue weighted by molar-refractivity contribution is 7.89.